The molecule has 9 unspecified atom stereocenters. The molecule has 9 atom stereocenters. The first kappa shape index (κ1) is 18.3. The average molecular weight is 347 g/mol. The van der Waals surface area contributed by atoms with E-state index in [9.17, 15) is 0 Å². The average Bonchev–Trinajstić information content (AvgIpc) is 2.85. The molecule has 1 heteroatoms. The topological polar surface area (TPSA) is 9.23 Å². The maximum atomic E-state index is 5.36. The van der Waals surface area contributed by atoms with E-state index >= 15 is 0 Å². The quantitative estimate of drug-likeness (QED) is 0.523. The highest BCUT2D eigenvalue weighted by atomic mass is 16.5. The lowest BCUT2D eigenvalue weighted by Gasteiger charge is -2.56. The summed E-state index contributed by atoms with van der Waals surface area (Å²) >= 11 is 0. The van der Waals surface area contributed by atoms with Gasteiger partial charge in [-0.25, -0.2) is 0 Å². The van der Waals surface area contributed by atoms with Gasteiger partial charge in [-0.3, -0.25) is 0 Å². The van der Waals surface area contributed by atoms with E-state index in [0.29, 0.717) is 5.41 Å². The van der Waals surface area contributed by atoms with E-state index in [-0.39, 0.29) is 0 Å². The summed E-state index contributed by atoms with van der Waals surface area (Å²) in [6, 6.07) is 0. The van der Waals surface area contributed by atoms with Gasteiger partial charge in [-0.15, -0.1) is 0 Å². The predicted molar refractivity (Wildman–Crippen MR) is 105 cm³/mol. The monoisotopic (exact) mass is 346 g/mol. The summed E-state index contributed by atoms with van der Waals surface area (Å²) in [4.78, 5) is 0. The fourth-order valence-electron chi connectivity index (χ4n) is 8.62. The van der Waals surface area contributed by atoms with Crippen molar-refractivity contribution >= 4 is 0 Å². The number of hydrogen-bond acceptors (Lipinski definition) is 1. The summed E-state index contributed by atoms with van der Waals surface area (Å²) in [5, 5.41) is 0. The molecule has 0 bridgehead atoms. The summed E-state index contributed by atoms with van der Waals surface area (Å²) in [6.45, 7) is 8.73. The molecule has 1 nitrogen and oxygen atoms in total. The minimum absolute atomic E-state index is 0.642. The summed E-state index contributed by atoms with van der Waals surface area (Å²) in [6.07, 6.45) is 15.0. The van der Waals surface area contributed by atoms with Crippen LogP contribution in [0.5, 0.6) is 0 Å². The van der Waals surface area contributed by atoms with Crippen molar-refractivity contribution in [3.8, 4) is 0 Å². The molecule has 4 fully saturated rings. The maximum Gasteiger partial charge on any atom is 0.0462 e. The molecule has 0 aromatic heterocycles. The summed E-state index contributed by atoms with van der Waals surface area (Å²) < 4.78 is 5.36. The predicted octanol–water partition coefficient (Wildman–Crippen LogP) is 6.56. The zero-order valence-electron chi connectivity index (χ0n) is 17.3. The molecule has 4 saturated carbocycles. The van der Waals surface area contributed by atoms with Crippen molar-refractivity contribution in [2.45, 2.75) is 85.0 Å². The zero-order valence-corrected chi connectivity index (χ0v) is 17.3. The Hall–Kier alpha value is -0.0400. The molecule has 0 saturated heterocycles. The second kappa shape index (κ2) is 7.17. The lowest BCUT2D eigenvalue weighted by atomic mass is 9.49. The molecule has 25 heavy (non-hydrogen) atoms. The van der Waals surface area contributed by atoms with Crippen molar-refractivity contribution in [3.63, 3.8) is 0 Å². The molecule has 0 amide bonds. The van der Waals surface area contributed by atoms with Crippen LogP contribution in [0.25, 0.3) is 0 Å². The van der Waals surface area contributed by atoms with E-state index < -0.39 is 0 Å². The van der Waals surface area contributed by atoms with Crippen LogP contribution in [0, 0.1) is 52.8 Å². The van der Waals surface area contributed by atoms with E-state index in [1.807, 2.05) is 7.11 Å². The van der Waals surface area contributed by atoms with Gasteiger partial charge in [0.25, 0.3) is 0 Å². The van der Waals surface area contributed by atoms with Crippen LogP contribution in [0.1, 0.15) is 85.0 Å². The molecular formula is C24H42O. The molecule has 0 radical (unpaired) electrons. The minimum Gasteiger partial charge on any atom is -0.385 e. The van der Waals surface area contributed by atoms with Crippen LogP contribution in [0.15, 0.2) is 0 Å². The SMILES string of the molecule is COCCCC1C(C)CC2C3CCC4CC(C)CCC4C3CCC12C. The second-order valence-corrected chi connectivity index (χ2v) is 10.9. The Morgan fingerprint density at radius 2 is 1.72 bits per heavy atom. The lowest BCUT2D eigenvalue weighted by molar-refractivity contribution is -0.0687. The molecule has 0 aromatic rings. The largest absolute Gasteiger partial charge is 0.385 e. The molecule has 4 aliphatic rings. The number of rotatable bonds is 4. The van der Waals surface area contributed by atoms with Gasteiger partial charge in [-0.05, 0) is 111 Å². The summed E-state index contributed by atoms with van der Waals surface area (Å²) in [5.74, 6) is 8.29. The summed E-state index contributed by atoms with van der Waals surface area (Å²) in [7, 11) is 1.86. The Kier molecular flexibility index (Phi) is 5.26. The molecule has 4 rings (SSSR count). The van der Waals surface area contributed by atoms with Gasteiger partial charge in [-0.1, -0.05) is 27.2 Å². The van der Waals surface area contributed by atoms with E-state index in [1.54, 1.807) is 32.1 Å². The van der Waals surface area contributed by atoms with Gasteiger partial charge in [0, 0.05) is 13.7 Å². The van der Waals surface area contributed by atoms with Gasteiger partial charge in [0.05, 0.1) is 0 Å². The van der Waals surface area contributed by atoms with E-state index in [1.165, 1.54) is 32.1 Å². The number of methoxy groups -OCH3 is 1. The molecule has 0 N–H and O–H groups in total. The second-order valence-electron chi connectivity index (χ2n) is 10.9. The van der Waals surface area contributed by atoms with E-state index in [0.717, 1.165) is 54.0 Å². The Labute approximate surface area is 156 Å². The molecule has 0 aliphatic heterocycles. The van der Waals surface area contributed by atoms with Crippen molar-refractivity contribution in [1.29, 1.82) is 0 Å². The van der Waals surface area contributed by atoms with Gasteiger partial charge in [0.2, 0.25) is 0 Å². The number of hydrogen-bond donors (Lipinski definition) is 0. The van der Waals surface area contributed by atoms with Crippen LogP contribution in [0.4, 0.5) is 0 Å². The molecule has 4 aliphatic carbocycles. The van der Waals surface area contributed by atoms with Gasteiger partial charge < -0.3 is 4.74 Å². The highest BCUT2D eigenvalue weighted by Gasteiger charge is 2.58. The van der Waals surface area contributed by atoms with Crippen molar-refractivity contribution in [3.05, 3.63) is 0 Å². The molecule has 0 aromatic carbocycles. The standard InChI is InChI=1S/C24H42O/c1-16-7-9-19-18(14-16)8-10-21-20(19)11-12-24(3)22(6-5-13-25-4)17(2)15-23(21)24/h16-23H,5-15H2,1-4H3. The third-order valence-electron chi connectivity index (χ3n) is 9.68. The summed E-state index contributed by atoms with van der Waals surface area (Å²) in [5.41, 5.74) is 0.642. The molecule has 0 spiro atoms. The first-order valence-corrected chi connectivity index (χ1v) is 11.5. The minimum atomic E-state index is 0.642. The van der Waals surface area contributed by atoms with Crippen LogP contribution in [0.3, 0.4) is 0 Å². The fourth-order valence-corrected chi connectivity index (χ4v) is 8.62. The van der Waals surface area contributed by atoms with Crippen molar-refractivity contribution < 1.29 is 4.74 Å². The van der Waals surface area contributed by atoms with Crippen LogP contribution < -0.4 is 0 Å². The van der Waals surface area contributed by atoms with Crippen LogP contribution in [0.2, 0.25) is 0 Å². The third-order valence-corrected chi connectivity index (χ3v) is 9.68. The first-order chi connectivity index (χ1) is 12.0. The maximum absolute atomic E-state index is 5.36. The smallest absolute Gasteiger partial charge is 0.0462 e. The zero-order chi connectivity index (χ0) is 17.6. The van der Waals surface area contributed by atoms with Crippen molar-refractivity contribution in [2.24, 2.45) is 52.8 Å². The Morgan fingerprint density at radius 1 is 0.920 bits per heavy atom. The van der Waals surface area contributed by atoms with Gasteiger partial charge >= 0.3 is 0 Å². The highest BCUT2D eigenvalue weighted by Crippen LogP contribution is 2.66. The Bertz CT molecular complexity index is 459. The van der Waals surface area contributed by atoms with Crippen LogP contribution in [-0.2, 0) is 4.74 Å². The Morgan fingerprint density at radius 3 is 2.52 bits per heavy atom. The highest BCUT2D eigenvalue weighted by molar-refractivity contribution is 5.07. The molecular weight excluding hydrogens is 304 g/mol. The number of fused-ring (bicyclic) bond motifs is 5. The van der Waals surface area contributed by atoms with E-state index in [2.05, 4.69) is 20.8 Å². The lowest BCUT2D eigenvalue weighted by Crippen LogP contribution is -2.48. The van der Waals surface area contributed by atoms with Crippen molar-refractivity contribution in [2.75, 3.05) is 13.7 Å². The normalized spacial score (nSPS) is 52.3. The van der Waals surface area contributed by atoms with Gasteiger partial charge in [0.1, 0.15) is 0 Å². The van der Waals surface area contributed by atoms with Gasteiger partial charge in [-0.2, -0.15) is 0 Å². The first-order valence-electron chi connectivity index (χ1n) is 11.5. The number of ether oxygens (including phenoxy) is 1. The van der Waals surface area contributed by atoms with Crippen LogP contribution >= 0.6 is 0 Å². The molecule has 0 heterocycles. The Balaban J connectivity index is 1.49. The van der Waals surface area contributed by atoms with Crippen molar-refractivity contribution in [1.82, 2.24) is 0 Å². The van der Waals surface area contributed by atoms with E-state index in [4.69, 9.17) is 4.74 Å². The van der Waals surface area contributed by atoms with Gasteiger partial charge in [0.15, 0.2) is 0 Å². The fraction of sp³-hybridized carbons (Fsp3) is 1.00. The third kappa shape index (κ3) is 3.11. The van der Waals surface area contributed by atoms with Crippen LogP contribution in [-0.4, -0.2) is 13.7 Å². The molecule has 144 valence electrons.